The van der Waals surface area contributed by atoms with Crippen molar-refractivity contribution in [1.82, 2.24) is 9.97 Å². The number of aromatic nitrogens is 2. The standard InChI is InChI=1S/C10H10N4OS/c1-6-8(16-10(11)13-6)9(15)14-7-3-2-4-12-5-7/h2-5H,1H3,(H2,11,13)(H,14,15). The molecule has 3 N–H and O–H groups in total. The van der Waals surface area contributed by atoms with Gasteiger partial charge in [-0.2, -0.15) is 0 Å². The maximum Gasteiger partial charge on any atom is 0.267 e. The number of nitrogens with zero attached hydrogens (tertiary/aromatic N) is 2. The van der Waals surface area contributed by atoms with Crippen LogP contribution in [-0.4, -0.2) is 15.9 Å². The molecule has 0 aliphatic carbocycles. The third-order valence-electron chi connectivity index (χ3n) is 1.94. The van der Waals surface area contributed by atoms with E-state index in [1.807, 2.05) is 0 Å². The average molecular weight is 234 g/mol. The summed E-state index contributed by atoms with van der Waals surface area (Å²) in [5.74, 6) is -0.209. The topological polar surface area (TPSA) is 80.9 Å². The smallest absolute Gasteiger partial charge is 0.267 e. The van der Waals surface area contributed by atoms with Crippen molar-refractivity contribution in [3.05, 3.63) is 35.1 Å². The highest BCUT2D eigenvalue weighted by Crippen LogP contribution is 2.20. The molecule has 5 nitrogen and oxygen atoms in total. The van der Waals surface area contributed by atoms with E-state index in [1.165, 1.54) is 11.3 Å². The van der Waals surface area contributed by atoms with Crippen molar-refractivity contribution < 1.29 is 4.79 Å². The normalized spacial score (nSPS) is 10.1. The molecule has 0 fully saturated rings. The van der Waals surface area contributed by atoms with Gasteiger partial charge in [-0.1, -0.05) is 11.3 Å². The molecule has 2 heterocycles. The second-order valence-corrected chi connectivity index (χ2v) is 4.19. The maximum atomic E-state index is 11.8. The van der Waals surface area contributed by atoms with E-state index in [1.54, 1.807) is 31.5 Å². The molecule has 82 valence electrons. The number of anilines is 2. The predicted molar refractivity (Wildman–Crippen MR) is 63.5 cm³/mol. The van der Waals surface area contributed by atoms with Gasteiger partial charge >= 0.3 is 0 Å². The second-order valence-electron chi connectivity index (χ2n) is 3.16. The number of nitrogens with two attached hydrogens (primary N) is 1. The molecule has 0 spiro atoms. The van der Waals surface area contributed by atoms with Crippen LogP contribution in [0.1, 0.15) is 15.4 Å². The summed E-state index contributed by atoms with van der Waals surface area (Å²) in [6.07, 6.45) is 3.23. The third-order valence-corrected chi connectivity index (χ3v) is 2.92. The lowest BCUT2D eigenvalue weighted by Gasteiger charge is -2.02. The summed E-state index contributed by atoms with van der Waals surface area (Å²) in [5.41, 5.74) is 6.82. The molecule has 0 saturated heterocycles. The zero-order chi connectivity index (χ0) is 11.5. The van der Waals surface area contributed by atoms with Crippen molar-refractivity contribution in [2.75, 3.05) is 11.1 Å². The lowest BCUT2D eigenvalue weighted by molar-refractivity contribution is 0.103. The van der Waals surface area contributed by atoms with Gasteiger partial charge in [-0.3, -0.25) is 9.78 Å². The number of thiazole rings is 1. The minimum Gasteiger partial charge on any atom is -0.375 e. The van der Waals surface area contributed by atoms with E-state index in [9.17, 15) is 4.79 Å². The molecular formula is C10H10N4OS. The molecule has 0 unspecified atom stereocenters. The lowest BCUT2D eigenvalue weighted by atomic mass is 10.3. The minimum atomic E-state index is -0.209. The quantitative estimate of drug-likeness (QED) is 0.828. The van der Waals surface area contributed by atoms with Gasteiger partial charge in [0.2, 0.25) is 0 Å². The van der Waals surface area contributed by atoms with Crippen molar-refractivity contribution in [3.8, 4) is 0 Å². The fraction of sp³-hybridized carbons (Fsp3) is 0.100. The van der Waals surface area contributed by atoms with Crippen LogP contribution in [0.25, 0.3) is 0 Å². The average Bonchev–Trinajstić information content (AvgIpc) is 2.59. The molecule has 2 rings (SSSR count). The molecular weight excluding hydrogens is 224 g/mol. The van der Waals surface area contributed by atoms with Crippen molar-refractivity contribution in [2.45, 2.75) is 6.92 Å². The third kappa shape index (κ3) is 2.17. The van der Waals surface area contributed by atoms with E-state index >= 15 is 0 Å². The second kappa shape index (κ2) is 4.28. The van der Waals surface area contributed by atoms with Gasteiger partial charge in [0.1, 0.15) is 4.88 Å². The molecule has 0 aliphatic heterocycles. The molecule has 0 atom stereocenters. The summed E-state index contributed by atoms with van der Waals surface area (Å²) >= 11 is 1.18. The minimum absolute atomic E-state index is 0.209. The van der Waals surface area contributed by atoms with Crippen molar-refractivity contribution in [3.63, 3.8) is 0 Å². The van der Waals surface area contributed by atoms with Crippen LogP contribution in [0.4, 0.5) is 10.8 Å². The molecule has 0 bridgehead atoms. The van der Waals surface area contributed by atoms with Crippen molar-refractivity contribution >= 4 is 28.1 Å². The number of hydrogen-bond acceptors (Lipinski definition) is 5. The zero-order valence-corrected chi connectivity index (χ0v) is 9.41. The van der Waals surface area contributed by atoms with E-state index in [0.29, 0.717) is 21.4 Å². The highest BCUT2D eigenvalue weighted by Gasteiger charge is 2.13. The van der Waals surface area contributed by atoms with Gasteiger partial charge in [0.15, 0.2) is 5.13 Å². The van der Waals surface area contributed by atoms with Gasteiger partial charge in [0.05, 0.1) is 17.6 Å². The Kier molecular flexibility index (Phi) is 2.82. The molecule has 6 heteroatoms. The number of aryl methyl sites for hydroxylation is 1. The SMILES string of the molecule is Cc1nc(N)sc1C(=O)Nc1cccnc1. The first-order valence-corrected chi connectivity index (χ1v) is 5.43. The van der Waals surface area contributed by atoms with Crippen LogP contribution in [0.5, 0.6) is 0 Å². The number of nitrogen functional groups attached to an aromatic ring is 1. The number of rotatable bonds is 2. The number of nitrogens with one attached hydrogen (secondary N) is 1. The van der Waals surface area contributed by atoms with Gasteiger partial charge in [0, 0.05) is 6.20 Å². The van der Waals surface area contributed by atoms with Gasteiger partial charge in [-0.15, -0.1) is 0 Å². The summed E-state index contributed by atoms with van der Waals surface area (Å²) in [7, 11) is 0. The summed E-state index contributed by atoms with van der Waals surface area (Å²) in [6.45, 7) is 1.75. The molecule has 0 saturated carbocycles. The van der Waals surface area contributed by atoms with E-state index in [-0.39, 0.29) is 5.91 Å². The van der Waals surface area contributed by atoms with Crippen LogP contribution in [0.15, 0.2) is 24.5 Å². The molecule has 0 aliphatic rings. The largest absolute Gasteiger partial charge is 0.375 e. The van der Waals surface area contributed by atoms with Gasteiger partial charge in [0.25, 0.3) is 5.91 Å². The Hall–Kier alpha value is -1.95. The lowest BCUT2D eigenvalue weighted by Crippen LogP contribution is -2.11. The van der Waals surface area contributed by atoms with E-state index in [2.05, 4.69) is 15.3 Å². The fourth-order valence-electron chi connectivity index (χ4n) is 1.25. The fourth-order valence-corrected chi connectivity index (χ4v) is 1.98. The summed E-state index contributed by atoms with van der Waals surface area (Å²) in [5, 5.41) is 3.12. The molecule has 2 aromatic heterocycles. The van der Waals surface area contributed by atoms with Crippen molar-refractivity contribution in [1.29, 1.82) is 0 Å². The summed E-state index contributed by atoms with van der Waals surface area (Å²) in [4.78, 5) is 20.3. The van der Waals surface area contributed by atoms with E-state index in [0.717, 1.165) is 0 Å². The zero-order valence-electron chi connectivity index (χ0n) is 8.60. The summed E-state index contributed by atoms with van der Waals surface area (Å²) in [6, 6.07) is 3.52. The van der Waals surface area contributed by atoms with Crippen molar-refractivity contribution in [2.24, 2.45) is 0 Å². The Morgan fingerprint density at radius 2 is 2.38 bits per heavy atom. The van der Waals surface area contributed by atoms with E-state index < -0.39 is 0 Å². The highest BCUT2D eigenvalue weighted by molar-refractivity contribution is 7.17. The maximum absolute atomic E-state index is 11.8. The molecule has 2 aromatic rings. The first kappa shape index (κ1) is 10.6. The van der Waals surface area contributed by atoms with Crippen LogP contribution in [0.3, 0.4) is 0 Å². The summed E-state index contributed by atoms with van der Waals surface area (Å²) < 4.78 is 0. The number of carbonyl (C=O) groups is 1. The molecule has 0 aromatic carbocycles. The Balaban J connectivity index is 2.18. The molecule has 1 amide bonds. The molecule has 0 radical (unpaired) electrons. The number of amides is 1. The van der Waals surface area contributed by atoms with E-state index in [4.69, 9.17) is 5.73 Å². The Morgan fingerprint density at radius 3 is 2.94 bits per heavy atom. The Morgan fingerprint density at radius 1 is 1.56 bits per heavy atom. The van der Waals surface area contributed by atoms with Gasteiger partial charge < -0.3 is 11.1 Å². The number of hydrogen-bond donors (Lipinski definition) is 2. The predicted octanol–water partition coefficient (Wildman–Crippen LogP) is 1.68. The Bertz CT molecular complexity index is 509. The van der Waals surface area contributed by atoms with Gasteiger partial charge in [-0.25, -0.2) is 4.98 Å². The number of carbonyl (C=O) groups excluding carboxylic acids is 1. The number of pyridine rings is 1. The van der Waals surface area contributed by atoms with Crippen LogP contribution in [0.2, 0.25) is 0 Å². The highest BCUT2D eigenvalue weighted by atomic mass is 32.1. The Labute approximate surface area is 96.3 Å². The molecule has 16 heavy (non-hydrogen) atoms. The first-order chi connectivity index (χ1) is 7.66. The van der Waals surface area contributed by atoms with Gasteiger partial charge in [-0.05, 0) is 19.1 Å². The first-order valence-electron chi connectivity index (χ1n) is 4.61. The van der Waals surface area contributed by atoms with Crippen LogP contribution in [-0.2, 0) is 0 Å². The van der Waals surface area contributed by atoms with Crippen LogP contribution >= 0.6 is 11.3 Å². The van der Waals surface area contributed by atoms with Crippen LogP contribution in [0, 0.1) is 6.92 Å². The van der Waals surface area contributed by atoms with Crippen LogP contribution < -0.4 is 11.1 Å². The monoisotopic (exact) mass is 234 g/mol.